The van der Waals surface area contributed by atoms with Crippen molar-refractivity contribution in [1.29, 1.82) is 0 Å². The van der Waals surface area contributed by atoms with Crippen LogP contribution in [0.15, 0.2) is 0 Å². The Balaban J connectivity index is 0. The zero-order valence-corrected chi connectivity index (χ0v) is 9.78. The summed E-state index contributed by atoms with van der Waals surface area (Å²) in [6, 6.07) is 0. The van der Waals surface area contributed by atoms with E-state index >= 15 is 0 Å². The van der Waals surface area contributed by atoms with Gasteiger partial charge in [-0.05, 0) is 13.3 Å². The highest BCUT2D eigenvalue weighted by atomic mass is 16.4. The van der Waals surface area contributed by atoms with Gasteiger partial charge in [-0.3, -0.25) is 4.79 Å². The van der Waals surface area contributed by atoms with Crippen LogP contribution in [0.3, 0.4) is 0 Å². The number of hydrogen-bond acceptors (Lipinski definition) is 3. The highest BCUT2D eigenvalue weighted by Gasteiger charge is 1.94. The summed E-state index contributed by atoms with van der Waals surface area (Å²) in [5, 5.41) is 24.3. The maximum atomic E-state index is 10.0. The summed E-state index contributed by atoms with van der Waals surface area (Å²) in [6.07, 6.45) is 5.32. The molecule has 0 fully saturated rings. The molecule has 1 atom stereocenters. The number of aliphatic hydroxyl groups excluding tert-OH is 2. The van der Waals surface area contributed by atoms with Gasteiger partial charge in [-0.2, -0.15) is 0 Å². The van der Waals surface area contributed by atoms with Gasteiger partial charge in [-0.15, -0.1) is 0 Å². The molecular weight excluding hydrogens is 196 g/mol. The molecule has 0 saturated carbocycles. The van der Waals surface area contributed by atoms with Crippen LogP contribution < -0.4 is 0 Å². The highest BCUT2D eigenvalue weighted by Crippen LogP contribution is 2.04. The lowest BCUT2D eigenvalue weighted by Crippen LogP contribution is -2.03. The van der Waals surface area contributed by atoms with Gasteiger partial charge >= 0.3 is 5.97 Å². The predicted octanol–water partition coefficient (Wildman–Crippen LogP) is 1.79. The molecule has 0 aromatic rings. The number of rotatable bonds is 7. The topological polar surface area (TPSA) is 77.8 Å². The maximum Gasteiger partial charge on any atom is 0.303 e. The van der Waals surface area contributed by atoms with Crippen molar-refractivity contribution in [3.8, 4) is 0 Å². The van der Waals surface area contributed by atoms with Crippen LogP contribution in [0.4, 0.5) is 0 Å². The molecule has 1 unspecified atom stereocenters. The fourth-order valence-electron chi connectivity index (χ4n) is 0.880. The molecule has 0 rings (SSSR count). The molecule has 4 heteroatoms. The van der Waals surface area contributed by atoms with Gasteiger partial charge in [0.2, 0.25) is 0 Å². The minimum absolute atomic E-state index is 0.139. The average molecular weight is 220 g/mol. The Morgan fingerprint density at radius 2 is 1.67 bits per heavy atom. The molecule has 92 valence electrons. The Bertz CT molecular complexity index is 135. The summed E-state index contributed by atoms with van der Waals surface area (Å²) in [6.45, 7) is 3.54. The number of carbonyl (C=O) groups is 1. The van der Waals surface area contributed by atoms with Crippen LogP contribution in [0, 0.1) is 0 Å². The van der Waals surface area contributed by atoms with E-state index in [1.165, 1.54) is 26.2 Å². The van der Waals surface area contributed by atoms with Crippen LogP contribution >= 0.6 is 0 Å². The van der Waals surface area contributed by atoms with Crippen molar-refractivity contribution in [2.75, 3.05) is 6.61 Å². The van der Waals surface area contributed by atoms with E-state index in [0.717, 1.165) is 12.8 Å². The molecule has 0 aromatic heterocycles. The summed E-state index contributed by atoms with van der Waals surface area (Å²) in [4.78, 5) is 10.0. The van der Waals surface area contributed by atoms with Gasteiger partial charge in [0.25, 0.3) is 0 Å². The molecular formula is C11H24O4. The lowest BCUT2D eigenvalue weighted by molar-refractivity contribution is -0.137. The largest absolute Gasteiger partial charge is 0.481 e. The second-order valence-electron chi connectivity index (χ2n) is 3.59. The van der Waals surface area contributed by atoms with Crippen molar-refractivity contribution >= 4 is 5.97 Å². The Morgan fingerprint density at radius 1 is 1.20 bits per heavy atom. The van der Waals surface area contributed by atoms with Crippen molar-refractivity contribution in [1.82, 2.24) is 0 Å². The zero-order valence-electron chi connectivity index (χ0n) is 9.78. The van der Waals surface area contributed by atoms with Gasteiger partial charge in [0, 0.05) is 6.42 Å². The van der Waals surface area contributed by atoms with Gasteiger partial charge in [-0.25, -0.2) is 0 Å². The van der Waals surface area contributed by atoms with Crippen LogP contribution in [0.25, 0.3) is 0 Å². The van der Waals surface area contributed by atoms with Crippen LogP contribution in [0.5, 0.6) is 0 Å². The van der Waals surface area contributed by atoms with Crippen molar-refractivity contribution in [3.63, 3.8) is 0 Å². The second-order valence-corrected chi connectivity index (χ2v) is 3.59. The number of hydrogen-bond donors (Lipinski definition) is 3. The third-order valence-electron chi connectivity index (χ3n) is 1.76. The van der Waals surface area contributed by atoms with Crippen molar-refractivity contribution in [2.45, 2.75) is 58.5 Å². The minimum atomic E-state index is -0.670. The van der Waals surface area contributed by atoms with Gasteiger partial charge in [0.05, 0.1) is 12.7 Å². The predicted molar refractivity (Wildman–Crippen MR) is 59.8 cm³/mol. The normalized spacial score (nSPS) is 11.5. The molecule has 0 saturated heterocycles. The standard InChI is InChI=1S/C8H16O2.C3H8O2/c1-2-3-4-5-6-7-8(9)10;1-3(5)2-4/h2-7H2,1H3,(H,9,10);3-5H,2H2,1H3. The summed E-state index contributed by atoms with van der Waals surface area (Å²) < 4.78 is 0. The fraction of sp³-hybridized carbons (Fsp3) is 0.909. The van der Waals surface area contributed by atoms with Crippen LogP contribution in [0.1, 0.15) is 52.4 Å². The molecule has 0 aromatic carbocycles. The lowest BCUT2D eigenvalue weighted by atomic mass is 10.1. The maximum absolute atomic E-state index is 10.0. The van der Waals surface area contributed by atoms with E-state index in [1.807, 2.05) is 0 Å². The Hall–Kier alpha value is -0.610. The third kappa shape index (κ3) is 24.7. The number of carboxylic acid groups (broad SMARTS) is 1. The number of unbranched alkanes of at least 4 members (excludes halogenated alkanes) is 4. The first kappa shape index (κ1) is 16.8. The molecule has 0 amide bonds. The molecule has 0 aliphatic rings. The monoisotopic (exact) mass is 220 g/mol. The van der Waals surface area contributed by atoms with Crippen molar-refractivity contribution in [2.24, 2.45) is 0 Å². The number of aliphatic hydroxyl groups is 2. The fourth-order valence-corrected chi connectivity index (χ4v) is 0.880. The van der Waals surface area contributed by atoms with E-state index in [1.54, 1.807) is 0 Å². The van der Waals surface area contributed by atoms with Crippen molar-refractivity contribution in [3.05, 3.63) is 0 Å². The number of aliphatic carboxylic acids is 1. The molecule has 4 nitrogen and oxygen atoms in total. The van der Waals surface area contributed by atoms with Crippen LogP contribution in [-0.2, 0) is 4.79 Å². The summed E-state index contributed by atoms with van der Waals surface area (Å²) in [7, 11) is 0. The summed E-state index contributed by atoms with van der Waals surface area (Å²) in [5.41, 5.74) is 0. The summed E-state index contributed by atoms with van der Waals surface area (Å²) in [5.74, 6) is -0.670. The van der Waals surface area contributed by atoms with Gasteiger partial charge in [0.1, 0.15) is 0 Å². The molecule has 0 bridgehead atoms. The molecule has 0 heterocycles. The first-order chi connectivity index (χ1) is 7.04. The smallest absolute Gasteiger partial charge is 0.303 e. The Kier molecular flexibility index (Phi) is 15.0. The Labute approximate surface area is 91.9 Å². The highest BCUT2D eigenvalue weighted by molar-refractivity contribution is 5.66. The summed E-state index contributed by atoms with van der Waals surface area (Å²) >= 11 is 0. The van der Waals surface area contributed by atoms with Crippen LogP contribution in [0.2, 0.25) is 0 Å². The average Bonchev–Trinajstić information content (AvgIpc) is 2.18. The van der Waals surface area contributed by atoms with E-state index < -0.39 is 12.1 Å². The first-order valence-electron chi connectivity index (χ1n) is 5.55. The van der Waals surface area contributed by atoms with E-state index in [-0.39, 0.29) is 6.61 Å². The molecule has 0 aliphatic heterocycles. The van der Waals surface area contributed by atoms with Crippen molar-refractivity contribution < 1.29 is 20.1 Å². The van der Waals surface area contributed by atoms with Gasteiger partial charge < -0.3 is 15.3 Å². The quantitative estimate of drug-likeness (QED) is 0.572. The lowest BCUT2D eigenvalue weighted by Gasteiger charge is -1.95. The second kappa shape index (κ2) is 13.4. The molecule has 0 spiro atoms. The van der Waals surface area contributed by atoms with E-state index in [9.17, 15) is 4.79 Å². The molecule has 0 radical (unpaired) electrons. The zero-order chi connectivity index (χ0) is 12.1. The first-order valence-corrected chi connectivity index (χ1v) is 5.55. The van der Waals surface area contributed by atoms with E-state index in [2.05, 4.69) is 6.92 Å². The van der Waals surface area contributed by atoms with Gasteiger partial charge in [-0.1, -0.05) is 32.6 Å². The minimum Gasteiger partial charge on any atom is -0.481 e. The van der Waals surface area contributed by atoms with E-state index in [0.29, 0.717) is 6.42 Å². The molecule has 3 N–H and O–H groups in total. The van der Waals surface area contributed by atoms with E-state index in [4.69, 9.17) is 15.3 Å². The number of carboxylic acids is 1. The molecule has 0 aliphatic carbocycles. The third-order valence-corrected chi connectivity index (χ3v) is 1.76. The Morgan fingerprint density at radius 3 is 2.00 bits per heavy atom. The van der Waals surface area contributed by atoms with Gasteiger partial charge in [0.15, 0.2) is 0 Å². The van der Waals surface area contributed by atoms with Crippen LogP contribution in [-0.4, -0.2) is 34.0 Å². The SMILES string of the molecule is CC(O)CO.CCCCCCCC(=O)O. The molecule has 15 heavy (non-hydrogen) atoms.